The second kappa shape index (κ2) is 4.83. The maximum atomic E-state index is 5.32. The Hall–Kier alpha value is -2.09. The van der Waals surface area contributed by atoms with E-state index in [1.165, 1.54) is 0 Å². The summed E-state index contributed by atoms with van der Waals surface area (Å²) in [6.07, 6.45) is 0. The van der Waals surface area contributed by atoms with Crippen LogP contribution in [0, 0.1) is 0 Å². The summed E-state index contributed by atoms with van der Waals surface area (Å²) in [5.41, 5.74) is 0. The predicted octanol–water partition coefficient (Wildman–Crippen LogP) is 0.275. The lowest BCUT2D eigenvalue weighted by Crippen LogP contribution is -2.04. The fourth-order valence-electron chi connectivity index (χ4n) is 1.34. The molecule has 0 saturated heterocycles. The van der Waals surface area contributed by atoms with Gasteiger partial charge >= 0.3 is 6.01 Å². The van der Waals surface area contributed by atoms with Gasteiger partial charge < -0.3 is 14.5 Å². The van der Waals surface area contributed by atoms with Crippen LogP contribution >= 0.6 is 0 Å². The molecule has 17 heavy (non-hydrogen) atoms. The molecule has 2 heterocycles. The van der Waals surface area contributed by atoms with Crippen LogP contribution in [0.2, 0.25) is 0 Å². The summed E-state index contributed by atoms with van der Waals surface area (Å²) in [5, 5.41) is 17.7. The van der Waals surface area contributed by atoms with E-state index in [2.05, 4.69) is 25.9 Å². The first kappa shape index (κ1) is 11.4. The van der Waals surface area contributed by atoms with Crippen molar-refractivity contribution >= 4 is 11.8 Å². The zero-order valence-electron chi connectivity index (χ0n) is 9.89. The van der Waals surface area contributed by atoms with Gasteiger partial charge in [0.1, 0.15) is 0 Å². The quantitative estimate of drug-likeness (QED) is 0.772. The van der Waals surface area contributed by atoms with E-state index in [1.807, 2.05) is 0 Å². The number of nitrogens with zero attached hydrogens (tertiary/aromatic N) is 4. The smallest absolute Gasteiger partial charge is 0.321 e. The zero-order chi connectivity index (χ0) is 12.3. The van der Waals surface area contributed by atoms with E-state index in [1.54, 1.807) is 32.0 Å². The minimum absolute atomic E-state index is 0.302. The van der Waals surface area contributed by atoms with Crippen LogP contribution in [0.25, 0.3) is 0 Å². The van der Waals surface area contributed by atoms with Gasteiger partial charge in [-0.3, -0.25) is 5.32 Å². The van der Waals surface area contributed by atoms with Gasteiger partial charge in [0, 0.05) is 13.1 Å². The molecule has 0 aliphatic rings. The van der Waals surface area contributed by atoms with Crippen molar-refractivity contribution in [2.24, 2.45) is 7.05 Å². The molecular formula is C9H14N6O2. The number of ether oxygens (including phenoxy) is 1. The molecule has 2 aromatic heterocycles. The summed E-state index contributed by atoms with van der Waals surface area (Å²) < 4.78 is 12.0. The number of aryl methyl sites for hydroxylation is 1. The highest BCUT2D eigenvalue weighted by Gasteiger charge is 2.09. The molecule has 0 amide bonds. The lowest BCUT2D eigenvalue weighted by molar-refractivity contribution is 0.373. The van der Waals surface area contributed by atoms with Gasteiger partial charge in [-0.15, -0.1) is 5.10 Å². The van der Waals surface area contributed by atoms with E-state index >= 15 is 0 Å². The van der Waals surface area contributed by atoms with Crippen LogP contribution in [0.4, 0.5) is 11.8 Å². The van der Waals surface area contributed by atoms with Crippen LogP contribution in [0.15, 0.2) is 10.5 Å². The maximum Gasteiger partial charge on any atom is 0.321 e. The second-order valence-corrected chi connectivity index (χ2v) is 3.35. The molecule has 0 aliphatic heterocycles. The number of nitrogens with one attached hydrogen (secondary N) is 2. The SMILES string of the molecule is CNCc1nnc(Nc2cc(OC)n(C)n2)o1. The maximum absolute atomic E-state index is 5.32. The first-order chi connectivity index (χ1) is 8.22. The largest absolute Gasteiger partial charge is 0.481 e. The highest BCUT2D eigenvalue weighted by Crippen LogP contribution is 2.18. The molecule has 2 aromatic rings. The van der Waals surface area contributed by atoms with Crippen LogP contribution < -0.4 is 15.4 Å². The van der Waals surface area contributed by atoms with Crippen LogP contribution in [0.1, 0.15) is 5.89 Å². The predicted molar refractivity (Wildman–Crippen MR) is 60.1 cm³/mol. The Morgan fingerprint density at radius 1 is 1.47 bits per heavy atom. The first-order valence-corrected chi connectivity index (χ1v) is 5.05. The monoisotopic (exact) mass is 238 g/mol. The molecular weight excluding hydrogens is 224 g/mol. The Morgan fingerprint density at radius 3 is 2.94 bits per heavy atom. The Morgan fingerprint density at radius 2 is 2.29 bits per heavy atom. The van der Waals surface area contributed by atoms with Crippen molar-refractivity contribution in [3.63, 3.8) is 0 Å². The molecule has 0 aliphatic carbocycles. The molecule has 0 aromatic carbocycles. The minimum atomic E-state index is 0.302. The van der Waals surface area contributed by atoms with Crippen LogP contribution in [0.5, 0.6) is 5.88 Å². The Labute approximate surface area is 98.0 Å². The zero-order valence-corrected chi connectivity index (χ0v) is 9.89. The summed E-state index contributed by atoms with van der Waals surface area (Å²) in [5.74, 6) is 1.74. The summed E-state index contributed by atoms with van der Waals surface area (Å²) in [6, 6.07) is 2.04. The van der Waals surface area contributed by atoms with Crippen molar-refractivity contribution < 1.29 is 9.15 Å². The number of aromatic nitrogens is 4. The molecule has 0 radical (unpaired) electrons. The van der Waals surface area contributed by atoms with Crippen molar-refractivity contribution in [1.29, 1.82) is 0 Å². The van der Waals surface area contributed by atoms with Gasteiger partial charge in [0.25, 0.3) is 0 Å². The highest BCUT2D eigenvalue weighted by molar-refractivity contribution is 5.47. The number of hydrogen-bond acceptors (Lipinski definition) is 7. The van der Waals surface area contributed by atoms with Crippen molar-refractivity contribution in [2.75, 3.05) is 19.5 Å². The Kier molecular flexibility index (Phi) is 3.24. The molecule has 0 bridgehead atoms. The second-order valence-electron chi connectivity index (χ2n) is 3.35. The molecule has 2 N–H and O–H groups in total. The molecule has 2 rings (SSSR count). The average molecular weight is 238 g/mol. The topological polar surface area (TPSA) is 90.0 Å². The van der Waals surface area contributed by atoms with Crippen LogP contribution in [-0.4, -0.2) is 34.1 Å². The normalized spacial score (nSPS) is 10.5. The van der Waals surface area contributed by atoms with Crippen LogP contribution in [0.3, 0.4) is 0 Å². The van der Waals surface area contributed by atoms with Gasteiger partial charge in [-0.05, 0) is 7.05 Å². The van der Waals surface area contributed by atoms with Gasteiger partial charge in [-0.2, -0.15) is 5.10 Å². The lowest BCUT2D eigenvalue weighted by Gasteiger charge is -1.95. The molecule has 8 heteroatoms. The third-order valence-corrected chi connectivity index (χ3v) is 2.08. The van der Waals surface area contributed by atoms with E-state index in [9.17, 15) is 0 Å². The number of methoxy groups -OCH3 is 1. The fraction of sp³-hybridized carbons (Fsp3) is 0.444. The molecule has 8 nitrogen and oxygen atoms in total. The van der Waals surface area contributed by atoms with Crippen molar-refractivity contribution in [2.45, 2.75) is 6.54 Å². The van der Waals surface area contributed by atoms with Gasteiger partial charge in [-0.25, -0.2) is 4.68 Å². The standard InChI is InChI=1S/C9H14N6O2/c1-10-5-7-12-13-9(17-7)11-6-4-8(16-3)15(2)14-6/h4,10H,5H2,1-3H3,(H,11,13,14). The third-order valence-electron chi connectivity index (χ3n) is 2.08. The van der Waals surface area contributed by atoms with E-state index in [0.29, 0.717) is 30.1 Å². The molecule has 0 unspecified atom stereocenters. The molecule has 0 saturated carbocycles. The number of rotatable bonds is 5. The summed E-state index contributed by atoms with van der Waals surface area (Å²) >= 11 is 0. The number of hydrogen-bond donors (Lipinski definition) is 2. The van der Waals surface area contributed by atoms with Crippen molar-refractivity contribution in [3.8, 4) is 5.88 Å². The van der Waals surface area contributed by atoms with Gasteiger partial charge in [0.15, 0.2) is 5.82 Å². The highest BCUT2D eigenvalue weighted by atomic mass is 16.5. The molecule has 0 atom stereocenters. The van der Waals surface area contributed by atoms with E-state index in [-0.39, 0.29) is 0 Å². The summed E-state index contributed by atoms with van der Waals surface area (Å²) in [7, 11) is 5.17. The van der Waals surface area contributed by atoms with Gasteiger partial charge in [0.05, 0.1) is 13.7 Å². The van der Waals surface area contributed by atoms with Gasteiger partial charge in [0.2, 0.25) is 11.8 Å². The lowest BCUT2D eigenvalue weighted by atomic mass is 10.6. The van der Waals surface area contributed by atoms with Crippen molar-refractivity contribution in [3.05, 3.63) is 12.0 Å². The van der Waals surface area contributed by atoms with Gasteiger partial charge in [-0.1, -0.05) is 5.10 Å². The van der Waals surface area contributed by atoms with E-state index in [0.717, 1.165) is 0 Å². The average Bonchev–Trinajstić information content (AvgIpc) is 2.87. The molecule has 0 fully saturated rings. The van der Waals surface area contributed by atoms with Crippen LogP contribution in [-0.2, 0) is 13.6 Å². The minimum Gasteiger partial charge on any atom is -0.481 e. The molecule has 92 valence electrons. The van der Waals surface area contributed by atoms with Crippen molar-refractivity contribution in [1.82, 2.24) is 25.3 Å². The Bertz CT molecular complexity index is 491. The fourth-order valence-corrected chi connectivity index (χ4v) is 1.34. The summed E-state index contributed by atoms with van der Waals surface area (Å²) in [4.78, 5) is 0. The molecule has 0 spiro atoms. The third kappa shape index (κ3) is 2.53. The Balaban J connectivity index is 2.08. The van der Waals surface area contributed by atoms with E-state index < -0.39 is 0 Å². The van der Waals surface area contributed by atoms with E-state index in [4.69, 9.17) is 9.15 Å². The first-order valence-electron chi connectivity index (χ1n) is 5.05. The summed E-state index contributed by atoms with van der Waals surface area (Å²) in [6.45, 7) is 0.528. The number of anilines is 2.